The van der Waals surface area contributed by atoms with Gasteiger partial charge in [-0.1, -0.05) is 0 Å². The maximum absolute atomic E-state index is 11.8. The molecule has 1 saturated heterocycles. The van der Waals surface area contributed by atoms with Gasteiger partial charge in [0.05, 0.1) is 0 Å². The number of piperidine rings is 1. The molecule has 1 fully saturated rings. The molecule has 0 bridgehead atoms. The molecule has 1 aliphatic rings. The molecule has 0 saturated carbocycles. The maximum Gasteiger partial charge on any atom is 0.410 e. The van der Waals surface area contributed by atoms with Crippen LogP contribution in [0, 0.1) is 11.8 Å². The molecule has 5 nitrogen and oxygen atoms in total. The Bertz CT molecular complexity index is 292. The van der Waals surface area contributed by atoms with Crippen molar-refractivity contribution in [2.75, 3.05) is 13.1 Å². The number of nitrogens with zero attached hydrogens (tertiary/aromatic N) is 1. The number of carbonyl (C=O) groups is 3. The monoisotopic (exact) mass is 241 g/mol. The lowest BCUT2D eigenvalue weighted by atomic mass is 9.91. The third kappa shape index (κ3) is 4.17. The molecule has 0 aromatic rings. The van der Waals surface area contributed by atoms with Crippen molar-refractivity contribution in [3.63, 3.8) is 0 Å². The summed E-state index contributed by atoms with van der Waals surface area (Å²) in [6.07, 6.45) is 1.66. The van der Waals surface area contributed by atoms with E-state index in [1.165, 1.54) is 4.90 Å². The van der Waals surface area contributed by atoms with Crippen molar-refractivity contribution in [3.8, 4) is 0 Å². The molecule has 17 heavy (non-hydrogen) atoms. The fourth-order valence-corrected chi connectivity index (χ4v) is 1.85. The van der Waals surface area contributed by atoms with Crippen molar-refractivity contribution in [2.24, 2.45) is 11.8 Å². The summed E-state index contributed by atoms with van der Waals surface area (Å²) in [7, 11) is 0. The van der Waals surface area contributed by atoms with Crippen LogP contribution in [0.15, 0.2) is 0 Å². The number of hydrogen-bond acceptors (Lipinski definition) is 4. The summed E-state index contributed by atoms with van der Waals surface area (Å²) in [5, 5.41) is 0. The van der Waals surface area contributed by atoms with E-state index in [4.69, 9.17) is 4.74 Å². The molecule has 1 heterocycles. The van der Waals surface area contributed by atoms with Crippen LogP contribution in [0.2, 0.25) is 0 Å². The molecular formula is C12H19NO4. The first-order valence-electron chi connectivity index (χ1n) is 5.74. The van der Waals surface area contributed by atoms with E-state index < -0.39 is 11.7 Å². The van der Waals surface area contributed by atoms with E-state index in [-0.39, 0.29) is 11.8 Å². The van der Waals surface area contributed by atoms with Gasteiger partial charge in [0.25, 0.3) is 0 Å². The molecule has 0 unspecified atom stereocenters. The minimum atomic E-state index is -0.568. The molecular weight excluding hydrogens is 222 g/mol. The molecule has 96 valence electrons. The molecule has 1 amide bonds. The summed E-state index contributed by atoms with van der Waals surface area (Å²) < 4.78 is 5.22. The highest BCUT2D eigenvalue weighted by Gasteiger charge is 2.32. The van der Waals surface area contributed by atoms with Crippen molar-refractivity contribution in [1.82, 2.24) is 4.90 Å². The first kappa shape index (κ1) is 13.7. The number of rotatable bonds is 2. The zero-order chi connectivity index (χ0) is 13.1. The van der Waals surface area contributed by atoms with E-state index in [0.29, 0.717) is 19.5 Å². The number of likely N-dealkylation sites (tertiary alicyclic amines) is 1. The molecule has 0 spiro atoms. The Labute approximate surface area is 101 Å². The molecule has 0 aliphatic carbocycles. The zero-order valence-corrected chi connectivity index (χ0v) is 10.5. The molecule has 1 rings (SSSR count). The average molecular weight is 241 g/mol. The van der Waals surface area contributed by atoms with Crippen molar-refractivity contribution in [2.45, 2.75) is 32.8 Å². The quantitative estimate of drug-likeness (QED) is 0.683. The predicted molar refractivity (Wildman–Crippen MR) is 61.5 cm³/mol. The van der Waals surface area contributed by atoms with Crippen LogP contribution >= 0.6 is 0 Å². The van der Waals surface area contributed by atoms with Gasteiger partial charge in [-0.05, 0) is 27.2 Å². The van der Waals surface area contributed by atoms with Crippen molar-refractivity contribution in [3.05, 3.63) is 0 Å². The molecule has 5 heteroatoms. The first-order chi connectivity index (χ1) is 7.85. The second-order valence-corrected chi connectivity index (χ2v) is 5.41. The highest BCUT2D eigenvalue weighted by molar-refractivity contribution is 5.70. The van der Waals surface area contributed by atoms with Crippen molar-refractivity contribution < 1.29 is 19.1 Å². The highest BCUT2D eigenvalue weighted by atomic mass is 16.6. The fourth-order valence-electron chi connectivity index (χ4n) is 1.85. The molecule has 0 aromatic heterocycles. The molecule has 1 aliphatic heterocycles. The lowest BCUT2D eigenvalue weighted by molar-refractivity contribution is -0.116. The minimum Gasteiger partial charge on any atom is -0.444 e. The second kappa shape index (κ2) is 5.29. The third-order valence-corrected chi connectivity index (χ3v) is 2.55. The van der Waals surface area contributed by atoms with Crippen LogP contribution in [0.4, 0.5) is 4.79 Å². The topological polar surface area (TPSA) is 63.7 Å². The van der Waals surface area contributed by atoms with Crippen LogP contribution in [0.3, 0.4) is 0 Å². The standard InChI is InChI=1S/C12H19NO4/c1-12(2,3)17-11(16)13-5-9(7-14)4-10(6-13)8-15/h7-10H,4-6H2,1-3H3/t9-,10-/m1/s1. The Hall–Kier alpha value is -1.39. The summed E-state index contributed by atoms with van der Waals surface area (Å²) in [4.78, 5) is 34.8. The Morgan fingerprint density at radius 2 is 1.65 bits per heavy atom. The van der Waals surface area contributed by atoms with Gasteiger partial charge in [0.1, 0.15) is 18.2 Å². The van der Waals surface area contributed by atoms with Crippen LogP contribution < -0.4 is 0 Å². The van der Waals surface area contributed by atoms with E-state index >= 15 is 0 Å². The van der Waals surface area contributed by atoms with E-state index in [9.17, 15) is 14.4 Å². The van der Waals surface area contributed by atoms with Gasteiger partial charge in [0.15, 0.2) is 0 Å². The SMILES string of the molecule is CC(C)(C)OC(=O)N1C[C@H](C=O)C[C@@H](C=O)C1. The van der Waals surface area contributed by atoms with Gasteiger partial charge in [-0.15, -0.1) is 0 Å². The second-order valence-electron chi connectivity index (χ2n) is 5.41. The lowest BCUT2D eigenvalue weighted by Crippen LogP contribution is -2.46. The lowest BCUT2D eigenvalue weighted by Gasteiger charge is -2.34. The zero-order valence-electron chi connectivity index (χ0n) is 10.5. The van der Waals surface area contributed by atoms with E-state index in [1.807, 2.05) is 0 Å². The van der Waals surface area contributed by atoms with Crippen LogP contribution in [-0.2, 0) is 14.3 Å². The van der Waals surface area contributed by atoms with Crippen LogP contribution in [-0.4, -0.2) is 42.3 Å². The normalized spacial score (nSPS) is 25.2. The molecule has 0 aromatic carbocycles. The number of amides is 1. The van der Waals surface area contributed by atoms with Crippen LogP contribution in [0.5, 0.6) is 0 Å². The fraction of sp³-hybridized carbons (Fsp3) is 0.750. The Morgan fingerprint density at radius 1 is 1.18 bits per heavy atom. The number of ether oxygens (including phenoxy) is 1. The van der Waals surface area contributed by atoms with Crippen LogP contribution in [0.25, 0.3) is 0 Å². The third-order valence-electron chi connectivity index (χ3n) is 2.55. The van der Waals surface area contributed by atoms with Gasteiger partial charge in [0.2, 0.25) is 0 Å². The predicted octanol–water partition coefficient (Wildman–Crippen LogP) is 1.26. The maximum atomic E-state index is 11.8. The number of carbonyl (C=O) groups excluding carboxylic acids is 3. The van der Waals surface area contributed by atoms with E-state index in [1.54, 1.807) is 20.8 Å². The van der Waals surface area contributed by atoms with Crippen molar-refractivity contribution >= 4 is 18.7 Å². The minimum absolute atomic E-state index is 0.272. The van der Waals surface area contributed by atoms with Gasteiger partial charge < -0.3 is 19.2 Å². The number of hydrogen-bond donors (Lipinski definition) is 0. The Morgan fingerprint density at radius 3 is 2.00 bits per heavy atom. The Kier molecular flexibility index (Phi) is 4.26. The van der Waals surface area contributed by atoms with Crippen LogP contribution in [0.1, 0.15) is 27.2 Å². The summed E-state index contributed by atoms with van der Waals surface area (Å²) in [5.74, 6) is -0.544. The van der Waals surface area contributed by atoms with Gasteiger partial charge in [-0.2, -0.15) is 0 Å². The van der Waals surface area contributed by atoms with Gasteiger partial charge in [0, 0.05) is 24.9 Å². The first-order valence-corrected chi connectivity index (χ1v) is 5.74. The van der Waals surface area contributed by atoms with Crippen molar-refractivity contribution in [1.29, 1.82) is 0 Å². The highest BCUT2D eigenvalue weighted by Crippen LogP contribution is 2.21. The summed E-state index contributed by atoms with van der Waals surface area (Å²) in [6.45, 7) is 6.02. The smallest absolute Gasteiger partial charge is 0.410 e. The molecule has 2 atom stereocenters. The van der Waals surface area contributed by atoms with E-state index in [0.717, 1.165) is 12.6 Å². The van der Waals surface area contributed by atoms with E-state index in [2.05, 4.69) is 0 Å². The summed E-state index contributed by atoms with van der Waals surface area (Å²) in [5.41, 5.74) is -0.568. The largest absolute Gasteiger partial charge is 0.444 e. The average Bonchev–Trinajstić information content (AvgIpc) is 2.26. The molecule has 0 N–H and O–H groups in total. The van der Waals surface area contributed by atoms with Gasteiger partial charge in [-0.3, -0.25) is 0 Å². The summed E-state index contributed by atoms with van der Waals surface area (Å²) in [6, 6.07) is 0. The Balaban J connectivity index is 2.65. The van der Waals surface area contributed by atoms with Gasteiger partial charge in [-0.25, -0.2) is 4.79 Å². The molecule has 0 radical (unpaired) electrons. The number of aldehydes is 2. The summed E-state index contributed by atoms with van der Waals surface area (Å²) >= 11 is 0. The van der Waals surface area contributed by atoms with Gasteiger partial charge >= 0.3 is 6.09 Å².